The lowest BCUT2D eigenvalue weighted by Gasteiger charge is -2.19. The molecule has 3 rings (SSSR count). The third-order valence-electron chi connectivity index (χ3n) is 4.12. The van der Waals surface area contributed by atoms with E-state index >= 15 is 0 Å². The highest BCUT2D eigenvalue weighted by Crippen LogP contribution is 2.31. The Hall–Kier alpha value is -1.26. The fourth-order valence-electron chi connectivity index (χ4n) is 3.08. The lowest BCUT2D eigenvalue weighted by molar-refractivity contribution is -0.122. The molecule has 5 heteroatoms. The first-order chi connectivity index (χ1) is 9.83. The molecule has 116 valence electrons. The molecule has 0 aliphatic carbocycles. The number of para-hydroxylation sites is 1. The number of carbonyl (C=O) groups excluding carboxylic acids is 1. The number of hydrogen-bond acceptors (Lipinski definition) is 3. The number of ether oxygens (including phenoxy) is 1. The number of halogens is 1. The minimum absolute atomic E-state index is 0. The molecule has 1 fully saturated rings. The summed E-state index contributed by atoms with van der Waals surface area (Å²) in [6.07, 6.45) is 4.79. The zero-order chi connectivity index (χ0) is 13.8. The van der Waals surface area contributed by atoms with Crippen molar-refractivity contribution in [2.75, 3.05) is 13.2 Å². The van der Waals surface area contributed by atoms with Crippen molar-refractivity contribution in [1.82, 2.24) is 10.6 Å². The number of hydrogen-bond donors (Lipinski definition) is 2. The maximum Gasteiger partial charge on any atom is 0.222 e. The van der Waals surface area contributed by atoms with Gasteiger partial charge in [0.05, 0.1) is 12.6 Å². The van der Waals surface area contributed by atoms with Gasteiger partial charge in [-0.3, -0.25) is 4.79 Å². The Morgan fingerprint density at radius 2 is 2.14 bits per heavy atom. The highest BCUT2D eigenvalue weighted by molar-refractivity contribution is 5.85. The van der Waals surface area contributed by atoms with Crippen LogP contribution in [0.15, 0.2) is 24.3 Å². The van der Waals surface area contributed by atoms with E-state index in [1.807, 2.05) is 18.2 Å². The SMILES string of the molecule is Cl.O=C(CC1CCCN1)NC1CCCOc2ccccc21. The molecule has 0 saturated carbocycles. The van der Waals surface area contributed by atoms with Crippen LogP contribution in [-0.4, -0.2) is 25.1 Å². The Morgan fingerprint density at radius 3 is 2.95 bits per heavy atom. The van der Waals surface area contributed by atoms with E-state index < -0.39 is 0 Å². The highest BCUT2D eigenvalue weighted by Gasteiger charge is 2.23. The van der Waals surface area contributed by atoms with Crippen LogP contribution in [0.3, 0.4) is 0 Å². The molecule has 2 N–H and O–H groups in total. The summed E-state index contributed by atoms with van der Waals surface area (Å²) in [5, 5.41) is 6.55. The number of rotatable bonds is 3. The van der Waals surface area contributed by atoms with Crippen molar-refractivity contribution in [2.24, 2.45) is 0 Å². The van der Waals surface area contributed by atoms with Crippen LogP contribution in [0.2, 0.25) is 0 Å². The van der Waals surface area contributed by atoms with Crippen LogP contribution in [0.1, 0.15) is 43.7 Å². The lowest BCUT2D eigenvalue weighted by atomic mass is 10.0. The average molecular weight is 311 g/mol. The van der Waals surface area contributed by atoms with Crippen LogP contribution >= 0.6 is 12.4 Å². The Morgan fingerprint density at radius 1 is 1.29 bits per heavy atom. The maximum absolute atomic E-state index is 12.2. The van der Waals surface area contributed by atoms with E-state index in [-0.39, 0.29) is 24.4 Å². The first-order valence-electron chi connectivity index (χ1n) is 7.57. The fraction of sp³-hybridized carbons (Fsp3) is 0.562. The second-order valence-electron chi connectivity index (χ2n) is 5.65. The molecule has 21 heavy (non-hydrogen) atoms. The minimum atomic E-state index is 0. The van der Waals surface area contributed by atoms with Gasteiger partial charge in [-0.2, -0.15) is 0 Å². The molecule has 2 aliphatic heterocycles. The third-order valence-corrected chi connectivity index (χ3v) is 4.12. The Labute approximate surface area is 132 Å². The van der Waals surface area contributed by atoms with Crippen LogP contribution in [0, 0.1) is 0 Å². The van der Waals surface area contributed by atoms with Crippen molar-refractivity contribution < 1.29 is 9.53 Å². The molecule has 1 aromatic carbocycles. The number of carbonyl (C=O) groups is 1. The minimum Gasteiger partial charge on any atom is -0.493 e. The Balaban J connectivity index is 0.00000161. The van der Waals surface area contributed by atoms with E-state index in [0.29, 0.717) is 12.5 Å². The molecule has 1 aromatic rings. The van der Waals surface area contributed by atoms with Gasteiger partial charge in [-0.25, -0.2) is 0 Å². The van der Waals surface area contributed by atoms with Crippen LogP contribution in [0.4, 0.5) is 0 Å². The van der Waals surface area contributed by atoms with Crippen molar-refractivity contribution in [1.29, 1.82) is 0 Å². The van der Waals surface area contributed by atoms with Crippen molar-refractivity contribution in [3.63, 3.8) is 0 Å². The van der Waals surface area contributed by atoms with Crippen LogP contribution in [0.5, 0.6) is 5.75 Å². The van der Waals surface area contributed by atoms with E-state index in [2.05, 4.69) is 16.7 Å². The summed E-state index contributed by atoms with van der Waals surface area (Å²) in [6.45, 7) is 1.77. The van der Waals surface area contributed by atoms with Gasteiger partial charge in [-0.05, 0) is 38.3 Å². The van der Waals surface area contributed by atoms with E-state index in [0.717, 1.165) is 43.7 Å². The largest absolute Gasteiger partial charge is 0.493 e. The first kappa shape index (κ1) is 16.1. The molecule has 2 heterocycles. The topological polar surface area (TPSA) is 50.4 Å². The molecular weight excluding hydrogens is 288 g/mol. The van der Waals surface area contributed by atoms with Gasteiger partial charge in [-0.15, -0.1) is 12.4 Å². The number of amides is 1. The summed E-state index contributed by atoms with van der Waals surface area (Å²) >= 11 is 0. The van der Waals surface area contributed by atoms with Gasteiger partial charge in [-0.1, -0.05) is 18.2 Å². The third kappa shape index (κ3) is 4.11. The molecule has 2 atom stereocenters. The molecule has 1 amide bonds. The normalized spacial score (nSPS) is 24.2. The maximum atomic E-state index is 12.2. The van der Waals surface area contributed by atoms with Crippen LogP contribution in [-0.2, 0) is 4.79 Å². The molecule has 1 saturated heterocycles. The zero-order valence-corrected chi connectivity index (χ0v) is 13.0. The van der Waals surface area contributed by atoms with Crippen molar-refractivity contribution in [3.8, 4) is 5.75 Å². The molecule has 0 spiro atoms. The van der Waals surface area contributed by atoms with E-state index in [1.165, 1.54) is 6.42 Å². The van der Waals surface area contributed by atoms with E-state index in [1.54, 1.807) is 0 Å². The second-order valence-corrected chi connectivity index (χ2v) is 5.65. The molecular formula is C16H23ClN2O2. The molecule has 0 aromatic heterocycles. The van der Waals surface area contributed by atoms with Gasteiger partial charge < -0.3 is 15.4 Å². The molecule has 0 radical (unpaired) electrons. The van der Waals surface area contributed by atoms with E-state index in [9.17, 15) is 4.79 Å². The number of nitrogens with one attached hydrogen (secondary N) is 2. The van der Waals surface area contributed by atoms with Gasteiger partial charge in [0.25, 0.3) is 0 Å². The van der Waals surface area contributed by atoms with Crippen LogP contribution in [0.25, 0.3) is 0 Å². The predicted octanol–water partition coefficient (Wildman–Crippen LogP) is 2.58. The van der Waals surface area contributed by atoms with Gasteiger partial charge in [0.15, 0.2) is 0 Å². The quantitative estimate of drug-likeness (QED) is 0.902. The fourth-order valence-corrected chi connectivity index (χ4v) is 3.08. The van der Waals surface area contributed by atoms with Gasteiger partial charge in [0.2, 0.25) is 5.91 Å². The summed E-state index contributed by atoms with van der Waals surface area (Å²) < 4.78 is 5.73. The van der Waals surface area contributed by atoms with Gasteiger partial charge in [0.1, 0.15) is 5.75 Å². The summed E-state index contributed by atoms with van der Waals surface area (Å²) in [4.78, 5) is 12.2. The average Bonchev–Trinajstić information content (AvgIpc) is 2.87. The van der Waals surface area contributed by atoms with E-state index in [4.69, 9.17) is 4.74 Å². The Kier molecular flexibility index (Phi) is 5.88. The molecule has 0 bridgehead atoms. The number of benzene rings is 1. The summed E-state index contributed by atoms with van der Waals surface area (Å²) in [5.74, 6) is 1.06. The summed E-state index contributed by atoms with van der Waals surface area (Å²) in [5.41, 5.74) is 1.11. The smallest absolute Gasteiger partial charge is 0.222 e. The summed E-state index contributed by atoms with van der Waals surface area (Å²) in [6, 6.07) is 8.46. The zero-order valence-electron chi connectivity index (χ0n) is 12.1. The molecule has 4 nitrogen and oxygen atoms in total. The molecule has 2 unspecified atom stereocenters. The van der Waals surface area contributed by atoms with Gasteiger partial charge in [0, 0.05) is 18.0 Å². The second kappa shape index (κ2) is 7.66. The standard InChI is InChI=1S/C16H22N2O2.ClH/c19-16(11-12-5-3-9-17-12)18-14-7-4-10-20-15-8-2-1-6-13(14)15;/h1-2,6,8,12,14,17H,3-5,7,9-11H2,(H,18,19);1H. The van der Waals surface area contributed by atoms with Crippen molar-refractivity contribution in [3.05, 3.63) is 29.8 Å². The number of fused-ring (bicyclic) bond motifs is 1. The first-order valence-corrected chi connectivity index (χ1v) is 7.57. The van der Waals surface area contributed by atoms with Crippen LogP contribution < -0.4 is 15.4 Å². The van der Waals surface area contributed by atoms with Crippen molar-refractivity contribution >= 4 is 18.3 Å². The lowest BCUT2D eigenvalue weighted by Crippen LogP contribution is -2.34. The van der Waals surface area contributed by atoms with Crippen molar-refractivity contribution in [2.45, 2.75) is 44.2 Å². The monoisotopic (exact) mass is 310 g/mol. The summed E-state index contributed by atoms with van der Waals surface area (Å²) in [7, 11) is 0. The highest BCUT2D eigenvalue weighted by atomic mass is 35.5. The van der Waals surface area contributed by atoms with Gasteiger partial charge >= 0.3 is 0 Å². The predicted molar refractivity (Wildman–Crippen MR) is 84.9 cm³/mol. The Bertz CT molecular complexity index is 475. The molecule has 2 aliphatic rings.